The first-order chi connectivity index (χ1) is 12.3. The van der Waals surface area contributed by atoms with Crippen molar-refractivity contribution >= 4 is 17.6 Å². The third kappa shape index (κ3) is 5.34. The van der Waals surface area contributed by atoms with Crippen LogP contribution in [-0.2, 0) is 16.0 Å². The normalized spacial score (nSPS) is 11.9. The number of anilines is 1. The monoisotopic (exact) mass is 355 g/mol. The fourth-order valence-electron chi connectivity index (χ4n) is 2.59. The quantitative estimate of drug-likeness (QED) is 0.782. The number of benzene rings is 2. The summed E-state index contributed by atoms with van der Waals surface area (Å²) in [7, 11) is 0. The molecule has 0 saturated heterocycles. The van der Waals surface area contributed by atoms with Gasteiger partial charge in [-0.1, -0.05) is 38.1 Å². The minimum absolute atomic E-state index is 0.0426. The zero-order valence-electron chi connectivity index (χ0n) is 15.6. The zero-order valence-corrected chi connectivity index (χ0v) is 15.6. The number of amides is 1. The van der Waals surface area contributed by atoms with E-state index in [0.29, 0.717) is 17.2 Å². The van der Waals surface area contributed by atoms with Gasteiger partial charge in [0.15, 0.2) is 6.10 Å². The number of hydrogen-bond donors (Lipinski definition) is 2. The fourth-order valence-corrected chi connectivity index (χ4v) is 2.59. The van der Waals surface area contributed by atoms with Crippen LogP contribution < -0.4 is 10.1 Å². The smallest absolute Gasteiger partial charge is 0.307 e. The number of hydrogen-bond acceptors (Lipinski definition) is 3. The summed E-state index contributed by atoms with van der Waals surface area (Å²) in [5.41, 5.74) is 3.42. The Balaban J connectivity index is 2.04. The standard InChI is InChI=1S/C21H25NO4/c1-13(2)18-10-5-14(3)11-19(18)26-15(4)21(25)22-17-8-6-16(7-9-17)12-20(23)24/h5-11,13,15H,12H2,1-4H3,(H,22,25)(H,23,24). The van der Waals surface area contributed by atoms with Crippen LogP contribution in [0.4, 0.5) is 5.69 Å². The number of aryl methyl sites for hydroxylation is 1. The van der Waals surface area contributed by atoms with Gasteiger partial charge in [-0.25, -0.2) is 0 Å². The lowest BCUT2D eigenvalue weighted by Gasteiger charge is -2.19. The number of rotatable bonds is 7. The molecule has 0 aliphatic carbocycles. The number of carbonyl (C=O) groups is 2. The van der Waals surface area contributed by atoms with Crippen LogP contribution in [0.2, 0.25) is 0 Å². The van der Waals surface area contributed by atoms with Gasteiger partial charge in [-0.15, -0.1) is 0 Å². The van der Waals surface area contributed by atoms with E-state index in [1.165, 1.54) is 0 Å². The van der Waals surface area contributed by atoms with Crippen LogP contribution in [0.5, 0.6) is 5.75 Å². The highest BCUT2D eigenvalue weighted by molar-refractivity contribution is 5.94. The molecule has 0 aliphatic rings. The van der Waals surface area contributed by atoms with Gasteiger partial charge in [0.25, 0.3) is 5.91 Å². The highest BCUT2D eigenvalue weighted by atomic mass is 16.5. The number of carbonyl (C=O) groups excluding carboxylic acids is 1. The highest BCUT2D eigenvalue weighted by Gasteiger charge is 2.18. The Morgan fingerprint density at radius 1 is 1.08 bits per heavy atom. The van der Waals surface area contributed by atoms with Gasteiger partial charge in [0.05, 0.1) is 6.42 Å². The van der Waals surface area contributed by atoms with Crippen LogP contribution in [0.15, 0.2) is 42.5 Å². The Kier molecular flexibility index (Phi) is 6.39. The van der Waals surface area contributed by atoms with Crippen LogP contribution >= 0.6 is 0 Å². The molecule has 2 rings (SSSR count). The molecule has 0 saturated carbocycles. The molecule has 0 spiro atoms. The van der Waals surface area contributed by atoms with Crippen molar-refractivity contribution in [2.24, 2.45) is 0 Å². The molecule has 0 fully saturated rings. The van der Waals surface area contributed by atoms with Crippen molar-refractivity contribution in [2.75, 3.05) is 5.32 Å². The summed E-state index contributed by atoms with van der Waals surface area (Å²) in [6.07, 6.45) is -0.702. The predicted octanol–water partition coefficient (Wildman–Crippen LogP) is 4.15. The lowest BCUT2D eigenvalue weighted by Crippen LogP contribution is -2.30. The number of carboxylic acids is 1. The van der Waals surface area contributed by atoms with E-state index in [4.69, 9.17) is 9.84 Å². The molecule has 2 aromatic rings. The second-order valence-electron chi connectivity index (χ2n) is 6.71. The number of ether oxygens (including phenoxy) is 1. The molecular weight excluding hydrogens is 330 g/mol. The maximum atomic E-state index is 12.4. The molecule has 0 aromatic heterocycles. The Hall–Kier alpha value is -2.82. The van der Waals surface area contributed by atoms with E-state index in [1.54, 1.807) is 31.2 Å². The average Bonchev–Trinajstić information content (AvgIpc) is 2.55. The molecule has 0 heterocycles. The van der Waals surface area contributed by atoms with Crippen molar-refractivity contribution in [1.29, 1.82) is 0 Å². The molecule has 26 heavy (non-hydrogen) atoms. The van der Waals surface area contributed by atoms with Crippen molar-refractivity contribution < 1.29 is 19.4 Å². The average molecular weight is 355 g/mol. The summed E-state index contributed by atoms with van der Waals surface area (Å²) in [6.45, 7) is 7.86. The third-order valence-corrected chi connectivity index (χ3v) is 4.04. The summed E-state index contributed by atoms with van der Waals surface area (Å²) >= 11 is 0. The molecule has 0 radical (unpaired) electrons. The Bertz CT molecular complexity index is 781. The highest BCUT2D eigenvalue weighted by Crippen LogP contribution is 2.28. The van der Waals surface area contributed by atoms with E-state index in [-0.39, 0.29) is 12.3 Å². The molecule has 1 unspecified atom stereocenters. The van der Waals surface area contributed by atoms with Gasteiger partial charge in [-0.05, 0) is 54.7 Å². The van der Waals surface area contributed by atoms with E-state index >= 15 is 0 Å². The van der Waals surface area contributed by atoms with Gasteiger partial charge in [0.2, 0.25) is 0 Å². The minimum Gasteiger partial charge on any atom is -0.481 e. The zero-order chi connectivity index (χ0) is 19.3. The van der Waals surface area contributed by atoms with Gasteiger partial charge in [0, 0.05) is 5.69 Å². The first-order valence-electron chi connectivity index (χ1n) is 8.65. The predicted molar refractivity (Wildman–Crippen MR) is 102 cm³/mol. The van der Waals surface area contributed by atoms with Crippen molar-refractivity contribution in [3.05, 3.63) is 59.2 Å². The lowest BCUT2D eigenvalue weighted by atomic mass is 10.0. The van der Waals surface area contributed by atoms with Crippen LogP contribution in [-0.4, -0.2) is 23.1 Å². The summed E-state index contributed by atoms with van der Waals surface area (Å²) in [5.74, 6) is -0.128. The summed E-state index contributed by atoms with van der Waals surface area (Å²) < 4.78 is 5.91. The van der Waals surface area contributed by atoms with E-state index in [1.807, 2.05) is 25.1 Å². The van der Waals surface area contributed by atoms with E-state index in [2.05, 4.69) is 19.2 Å². The maximum absolute atomic E-state index is 12.4. The Morgan fingerprint density at radius 2 is 1.73 bits per heavy atom. The van der Waals surface area contributed by atoms with Gasteiger partial charge in [0.1, 0.15) is 5.75 Å². The molecule has 1 atom stereocenters. The van der Waals surface area contributed by atoms with Crippen molar-refractivity contribution in [3.8, 4) is 5.75 Å². The first-order valence-corrected chi connectivity index (χ1v) is 8.65. The van der Waals surface area contributed by atoms with Crippen LogP contribution in [0.3, 0.4) is 0 Å². The van der Waals surface area contributed by atoms with E-state index in [9.17, 15) is 9.59 Å². The van der Waals surface area contributed by atoms with Gasteiger partial charge in [-0.2, -0.15) is 0 Å². The Labute approximate surface area is 154 Å². The van der Waals surface area contributed by atoms with Crippen molar-refractivity contribution in [2.45, 2.75) is 46.1 Å². The van der Waals surface area contributed by atoms with E-state index in [0.717, 1.165) is 16.9 Å². The van der Waals surface area contributed by atoms with Crippen LogP contribution in [0.25, 0.3) is 0 Å². The molecular formula is C21H25NO4. The second-order valence-corrected chi connectivity index (χ2v) is 6.71. The second kappa shape index (κ2) is 8.52. The Morgan fingerprint density at radius 3 is 2.31 bits per heavy atom. The molecule has 138 valence electrons. The number of aliphatic carboxylic acids is 1. The number of nitrogens with one attached hydrogen (secondary N) is 1. The molecule has 1 amide bonds. The van der Waals surface area contributed by atoms with Crippen molar-refractivity contribution in [3.63, 3.8) is 0 Å². The molecule has 0 aliphatic heterocycles. The first kappa shape index (κ1) is 19.5. The molecule has 5 nitrogen and oxygen atoms in total. The SMILES string of the molecule is Cc1ccc(C(C)C)c(OC(C)C(=O)Nc2ccc(CC(=O)O)cc2)c1. The molecule has 2 aromatic carbocycles. The van der Waals surface area contributed by atoms with Gasteiger partial charge in [-0.3, -0.25) is 9.59 Å². The van der Waals surface area contributed by atoms with Crippen molar-refractivity contribution in [1.82, 2.24) is 0 Å². The van der Waals surface area contributed by atoms with E-state index < -0.39 is 12.1 Å². The fraction of sp³-hybridized carbons (Fsp3) is 0.333. The number of carboxylic acid groups (broad SMARTS) is 1. The van der Waals surface area contributed by atoms with Crippen LogP contribution in [0.1, 0.15) is 43.4 Å². The topological polar surface area (TPSA) is 75.6 Å². The summed E-state index contributed by atoms with van der Waals surface area (Å²) in [5, 5.41) is 11.6. The lowest BCUT2D eigenvalue weighted by molar-refractivity contribution is -0.136. The molecule has 0 bridgehead atoms. The summed E-state index contributed by atoms with van der Waals surface area (Å²) in [4.78, 5) is 23.1. The molecule has 2 N–H and O–H groups in total. The maximum Gasteiger partial charge on any atom is 0.307 e. The summed E-state index contributed by atoms with van der Waals surface area (Å²) in [6, 6.07) is 12.8. The molecule has 5 heteroatoms. The largest absolute Gasteiger partial charge is 0.481 e. The minimum atomic E-state index is -0.886. The van der Waals surface area contributed by atoms with Gasteiger partial charge >= 0.3 is 5.97 Å². The van der Waals surface area contributed by atoms with Crippen LogP contribution in [0, 0.1) is 6.92 Å². The van der Waals surface area contributed by atoms with Gasteiger partial charge < -0.3 is 15.2 Å². The third-order valence-electron chi connectivity index (χ3n) is 4.04.